The molecule has 2 N–H and O–H groups in total. The first-order chi connectivity index (χ1) is 12.1. The third kappa shape index (κ3) is 5.56. The minimum Gasteiger partial charge on any atom is -0.444 e. The normalized spacial score (nSPS) is 18.5. The number of rotatable bonds is 5. The minimum atomic E-state index is -2.28. The molecule has 0 saturated carbocycles. The Bertz CT molecular complexity index is 641. The van der Waals surface area contributed by atoms with Gasteiger partial charge < -0.3 is 14.7 Å². The Kier molecular flexibility index (Phi) is 7.32. The number of ether oxygens (including phenoxy) is 1. The smallest absolute Gasteiger partial charge is 0.410 e. The first-order valence-corrected chi connectivity index (χ1v) is 10.6. The van der Waals surface area contributed by atoms with Gasteiger partial charge in [0, 0.05) is 13.1 Å². The van der Waals surface area contributed by atoms with Gasteiger partial charge in [0.2, 0.25) is 0 Å². The van der Waals surface area contributed by atoms with Crippen LogP contribution in [0, 0.1) is 5.92 Å². The average Bonchev–Trinajstić information content (AvgIpc) is 2.96. The van der Waals surface area contributed by atoms with Crippen LogP contribution in [0.15, 0.2) is 12.1 Å². The maximum atomic E-state index is 12.2. The molecule has 1 saturated heterocycles. The molecule has 0 aliphatic carbocycles. The van der Waals surface area contributed by atoms with Gasteiger partial charge in [-0.05, 0) is 51.7 Å². The number of thiophene rings is 1. The number of carbonyl (C=O) groups is 1. The van der Waals surface area contributed by atoms with E-state index < -0.39 is 22.9 Å². The molecule has 0 spiro atoms. The molecule has 2 atom stereocenters. The van der Waals surface area contributed by atoms with Crippen molar-refractivity contribution in [1.29, 1.82) is 0 Å². The molecule has 0 bridgehead atoms. The zero-order valence-electron chi connectivity index (χ0n) is 15.1. The number of likely N-dealkylation sites (tertiary alicyclic amines) is 1. The van der Waals surface area contributed by atoms with E-state index >= 15 is 0 Å². The lowest BCUT2D eigenvalue weighted by Crippen LogP contribution is -2.49. The summed E-state index contributed by atoms with van der Waals surface area (Å²) in [5.74, 6) is -0.0318. The van der Waals surface area contributed by atoms with Crippen LogP contribution in [0.25, 0.3) is 0 Å². The number of aliphatic hydroxyl groups excluding tert-OH is 1. The van der Waals surface area contributed by atoms with Crippen LogP contribution >= 0.6 is 22.9 Å². The predicted octanol–water partition coefficient (Wildman–Crippen LogP) is 3.35. The summed E-state index contributed by atoms with van der Waals surface area (Å²) in [6.45, 7) is 6.15. The number of anilines is 1. The lowest BCUT2D eigenvalue weighted by atomic mass is 9.90. The van der Waals surface area contributed by atoms with Crippen LogP contribution in [-0.4, -0.2) is 56.2 Å². The second kappa shape index (κ2) is 8.88. The highest BCUT2D eigenvalue weighted by molar-refractivity contribution is 7.81. The molecule has 1 aromatic heterocycles. The van der Waals surface area contributed by atoms with Crippen molar-refractivity contribution in [2.45, 2.75) is 45.3 Å². The zero-order valence-corrected chi connectivity index (χ0v) is 17.4. The molecule has 2 unspecified atom stereocenters. The van der Waals surface area contributed by atoms with Crippen molar-refractivity contribution in [3.8, 4) is 0 Å². The number of amides is 1. The molecule has 1 aromatic rings. The summed E-state index contributed by atoms with van der Waals surface area (Å²) < 4.78 is 28.8. The Morgan fingerprint density at radius 1 is 1.46 bits per heavy atom. The molecule has 1 fully saturated rings. The van der Waals surface area contributed by atoms with Crippen molar-refractivity contribution in [1.82, 2.24) is 4.90 Å². The molecule has 148 valence electrons. The van der Waals surface area contributed by atoms with Gasteiger partial charge in [-0.3, -0.25) is 8.86 Å². The second-order valence-corrected chi connectivity index (χ2v) is 9.74. The fourth-order valence-electron chi connectivity index (χ4n) is 2.99. The lowest BCUT2D eigenvalue weighted by molar-refractivity contribution is 0.0167. The largest absolute Gasteiger partial charge is 0.444 e. The highest BCUT2D eigenvalue weighted by Gasteiger charge is 2.35. The third-order valence-corrected chi connectivity index (χ3v) is 6.32. The summed E-state index contributed by atoms with van der Waals surface area (Å²) in [6, 6.07) is 2.79. The number of hydrogen-bond acceptors (Lipinski definition) is 5. The molecular formula is C16H25ClN2O5S2. The fraction of sp³-hybridized carbons (Fsp3) is 0.688. The van der Waals surface area contributed by atoms with Crippen LogP contribution in [0.3, 0.4) is 0 Å². The van der Waals surface area contributed by atoms with Gasteiger partial charge >= 0.3 is 6.09 Å². The van der Waals surface area contributed by atoms with Crippen LogP contribution in [0.5, 0.6) is 0 Å². The molecule has 0 radical (unpaired) electrons. The number of carbonyl (C=O) groups excluding carboxylic acids is 1. The summed E-state index contributed by atoms with van der Waals surface area (Å²) in [7, 11) is 0. The van der Waals surface area contributed by atoms with Gasteiger partial charge in [0.25, 0.3) is 11.3 Å². The molecule has 26 heavy (non-hydrogen) atoms. The molecule has 2 heterocycles. The van der Waals surface area contributed by atoms with Crippen LogP contribution in [-0.2, 0) is 16.0 Å². The van der Waals surface area contributed by atoms with E-state index in [-0.39, 0.29) is 18.6 Å². The van der Waals surface area contributed by atoms with Gasteiger partial charge in [0.05, 0.1) is 17.0 Å². The Morgan fingerprint density at radius 2 is 2.08 bits per heavy atom. The van der Waals surface area contributed by atoms with E-state index in [1.165, 1.54) is 15.6 Å². The average molecular weight is 425 g/mol. The molecular weight excluding hydrogens is 400 g/mol. The molecule has 0 aromatic carbocycles. The standard InChI is InChI=1S/C16H25ClN2O5S2/c1-16(2,3)24-15(21)18-8-6-11(7-9-18)12(10-20)19(26(22)23)14-5-4-13(17)25-14/h4-5,11-12,20H,6-10H2,1-3H3,(H,22,23). The van der Waals surface area contributed by atoms with Crippen molar-refractivity contribution in [3.63, 3.8) is 0 Å². The molecule has 10 heteroatoms. The van der Waals surface area contributed by atoms with E-state index in [0.717, 1.165) is 0 Å². The third-order valence-electron chi connectivity index (χ3n) is 4.17. The van der Waals surface area contributed by atoms with Crippen LogP contribution in [0.2, 0.25) is 4.34 Å². The summed E-state index contributed by atoms with van der Waals surface area (Å²) >= 11 is 4.84. The quantitative estimate of drug-likeness (QED) is 0.707. The number of nitrogens with zero attached hydrogens (tertiary/aromatic N) is 2. The van der Waals surface area contributed by atoms with Crippen LogP contribution < -0.4 is 4.31 Å². The predicted molar refractivity (Wildman–Crippen MR) is 104 cm³/mol. The Morgan fingerprint density at radius 3 is 2.50 bits per heavy atom. The monoisotopic (exact) mass is 424 g/mol. The first-order valence-electron chi connectivity index (χ1n) is 8.36. The van der Waals surface area contributed by atoms with E-state index in [1.807, 2.05) is 20.8 Å². The van der Waals surface area contributed by atoms with E-state index in [1.54, 1.807) is 17.0 Å². The summed E-state index contributed by atoms with van der Waals surface area (Å²) in [6.07, 6.45) is 0.860. The Balaban J connectivity index is 2.05. The van der Waals surface area contributed by atoms with Crippen molar-refractivity contribution in [3.05, 3.63) is 16.5 Å². The van der Waals surface area contributed by atoms with Crippen molar-refractivity contribution < 1.29 is 23.4 Å². The van der Waals surface area contributed by atoms with Crippen LogP contribution in [0.4, 0.5) is 9.80 Å². The van der Waals surface area contributed by atoms with Gasteiger partial charge in [-0.2, -0.15) is 0 Å². The summed E-state index contributed by atoms with van der Waals surface area (Å²) in [5.41, 5.74) is -0.551. The van der Waals surface area contributed by atoms with Crippen molar-refractivity contribution in [2.24, 2.45) is 5.92 Å². The first kappa shape index (κ1) is 21.4. The lowest BCUT2D eigenvalue weighted by Gasteiger charge is -2.39. The molecule has 1 amide bonds. The van der Waals surface area contributed by atoms with Gasteiger partial charge in [0.1, 0.15) is 10.6 Å². The Labute approximate surface area is 165 Å². The second-order valence-electron chi connectivity index (χ2n) is 7.19. The number of piperidine rings is 1. The highest BCUT2D eigenvalue weighted by Crippen LogP contribution is 2.35. The van der Waals surface area contributed by atoms with Gasteiger partial charge in [-0.15, -0.1) is 11.3 Å². The molecule has 2 rings (SSSR count). The summed E-state index contributed by atoms with van der Waals surface area (Å²) in [5, 5.41) is 10.4. The van der Waals surface area contributed by atoms with Gasteiger partial charge in [-0.1, -0.05) is 11.6 Å². The minimum absolute atomic E-state index is 0.0318. The number of hydrogen-bond donors (Lipinski definition) is 2. The van der Waals surface area contributed by atoms with Gasteiger partial charge in [0.15, 0.2) is 0 Å². The van der Waals surface area contributed by atoms with E-state index in [0.29, 0.717) is 35.3 Å². The van der Waals surface area contributed by atoms with E-state index in [9.17, 15) is 18.7 Å². The van der Waals surface area contributed by atoms with Gasteiger partial charge in [-0.25, -0.2) is 9.00 Å². The van der Waals surface area contributed by atoms with Crippen LogP contribution in [0.1, 0.15) is 33.6 Å². The SMILES string of the molecule is CC(C)(C)OC(=O)N1CCC(C(CO)N(c2ccc(Cl)s2)S(=O)O)CC1. The summed E-state index contributed by atoms with van der Waals surface area (Å²) in [4.78, 5) is 13.8. The topological polar surface area (TPSA) is 90.3 Å². The van der Waals surface area contributed by atoms with E-state index in [2.05, 4.69) is 0 Å². The van der Waals surface area contributed by atoms with E-state index in [4.69, 9.17) is 16.3 Å². The molecule has 1 aliphatic rings. The van der Waals surface area contributed by atoms with Crippen molar-refractivity contribution >= 4 is 45.3 Å². The molecule has 1 aliphatic heterocycles. The number of halogens is 1. The maximum Gasteiger partial charge on any atom is 0.410 e. The fourth-order valence-corrected chi connectivity index (χ4v) is 4.97. The Hall–Kier alpha value is -0.870. The molecule has 7 nitrogen and oxygen atoms in total. The van der Waals surface area contributed by atoms with Crippen molar-refractivity contribution in [2.75, 3.05) is 24.0 Å². The highest BCUT2D eigenvalue weighted by atomic mass is 35.5. The maximum absolute atomic E-state index is 12.2. The zero-order chi connectivity index (χ0) is 19.5. The number of aliphatic hydroxyl groups is 1.